The Bertz CT molecular complexity index is 1040. The van der Waals surface area contributed by atoms with Gasteiger partial charge in [-0.05, 0) is 74.9 Å². The monoisotopic (exact) mass is 475 g/mol. The van der Waals surface area contributed by atoms with E-state index >= 15 is 0 Å². The van der Waals surface area contributed by atoms with Gasteiger partial charge in [0.2, 0.25) is 5.91 Å². The van der Waals surface area contributed by atoms with Crippen LogP contribution in [0.4, 0.5) is 5.69 Å². The summed E-state index contributed by atoms with van der Waals surface area (Å²) in [5.41, 5.74) is 0.994. The highest BCUT2D eigenvalue weighted by Crippen LogP contribution is 2.30. The summed E-state index contributed by atoms with van der Waals surface area (Å²) in [7, 11) is 0. The van der Waals surface area contributed by atoms with Gasteiger partial charge in [0, 0.05) is 24.3 Å². The van der Waals surface area contributed by atoms with Crippen molar-refractivity contribution >= 4 is 46.3 Å². The average molecular weight is 476 g/mol. The second kappa shape index (κ2) is 9.24. The average Bonchev–Trinajstić information content (AvgIpc) is 3.13. The second-order valence-electron chi connectivity index (χ2n) is 9.66. The largest absolute Gasteiger partial charge is 0.338 e. The number of nitrogens with zero attached hydrogens (tertiary/aromatic N) is 1. The maximum atomic E-state index is 13.0. The summed E-state index contributed by atoms with van der Waals surface area (Å²) in [6, 6.07) is 8.54. The summed E-state index contributed by atoms with van der Waals surface area (Å²) < 4.78 is 0.510. The third kappa shape index (κ3) is 5.70. The Morgan fingerprint density at radius 1 is 1.16 bits per heavy atom. The van der Waals surface area contributed by atoms with Gasteiger partial charge in [0.1, 0.15) is 5.54 Å². The molecule has 1 aromatic carbocycles. The van der Waals surface area contributed by atoms with E-state index in [0.29, 0.717) is 20.5 Å². The normalized spacial score (nSPS) is 15.9. The molecular weight excluding hydrogens is 446 g/mol. The van der Waals surface area contributed by atoms with Gasteiger partial charge in [-0.1, -0.05) is 25.4 Å². The number of carbonyl (C=O) groups is 3. The van der Waals surface area contributed by atoms with Crippen LogP contribution in [0.5, 0.6) is 0 Å². The highest BCUT2D eigenvalue weighted by atomic mass is 35.5. The molecule has 172 valence electrons. The summed E-state index contributed by atoms with van der Waals surface area (Å²) in [6.07, 6.45) is 2.12. The molecule has 1 aliphatic heterocycles. The van der Waals surface area contributed by atoms with Gasteiger partial charge in [0.15, 0.2) is 0 Å². The predicted molar refractivity (Wildman–Crippen MR) is 130 cm³/mol. The number of piperidine rings is 1. The lowest BCUT2D eigenvalue weighted by atomic mass is 9.84. The van der Waals surface area contributed by atoms with E-state index in [-0.39, 0.29) is 23.1 Å². The van der Waals surface area contributed by atoms with Crippen molar-refractivity contribution in [2.24, 2.45) is 5.41 Å². The Hall–Kier alpha value is -2.38. The first-order valence-corrected chi connectivity index (χ1v) is 11.9. The maximum absolute atomic E-state index is 13.0. The van der Waals surface area contributed by atoms with Crippen molar-refractivity contribution in [3.8, 4) is 0 Å². The number of nitrogens with one attached hydrogen (secondary N) is 2. The summed E-state index contributed by atoms with van der Waals surface area (Å²) in [4.78, 5) is 40.6. The molecule has 1 aromatic heterocycles. The van der Waals surface area contributed by atoms with Crippen LogP contribution in [0, 0.1) is 12.3 Å². The van der Waals surface area contributed by atoms with Crippen molar-refractivity contribution in [2.75, 3.05) is 18.4 Å². The molecule has 6 nitrogen and oxygen atoms in total. The number of hydrogen-bond donors (Lipinski definition) is 2. The number of aryl methyl sites for hydroxylation is 1. The number of benzene rings is 1. The molecule has 1 saturated heterocycles. The molecule has 2 N–H and O–H groups in total. The van der Waals surface area contributed by atoms with Gasteiger partial charge in [0.25, 0.3) is 11.8 Å². The van der Waals surface area contributed by atoms with Gasteiger partial charge < -0.3 is 15.5 Å². The molecular formula is C24H30ClN3O3S. The molecule has 0 unspecified atom stereocenters. The van der Waals surface area contributed by atoms with Crippen molar-refractivity contribution < 1.29 is 14.4 Å². The number of hydrogen-bond acceptors (Lipinski definition) is 4. The number of amides is 3. The van der Waals surface area contributed by atoms with Crippen LogP contribution < -0.4 is 10.6 Å². The Morgan fingerprint density at radius 2 is 1.88 bits per heavy atom. The van der Waals surface area contributed by atoms with Gasteiger partial charge in [-0.2, -0.15) is 0 Å². The lowest BCUT2D eigenvalue weighted by Crippen LogP contribution is -2.52. The standard InChI is InChI=1S/C24H30ClN3O3S/c1-15-13-16(7-8-17(15)21(30)28-12-6-11-23(2,3)14-28)26-22(31)24(4,5)27-20(29)18-9-10-19(25)32-18/h7-10,13H,6,11-12,14H2,1-5H3,(H,26,31)(H,27,29). The van der Waals surface area contributed by atoms with Gasteiger partial charge in [-0.25, -0.2) is 0 Å². The fraction of sp³-hybridized carbons (Fsp3) is 0.458. The van der Waals surface area contributed by atoms with Crippen LogP contribution in [0.15, 0.2) is 30.3 Å². The minimum Gasteiger partial charge on any atom is -0.338 e. The van der Waals surface area contributed by atoms with Crippen molar-refractivity contribution in [1.82, 2.24) is 10.2 Å². The molecule has 2 aromatic rings. The van der Waals surface area contributed by atoms with Crippen LogP contribution in [0.1, 0.15) is 66.1 Å². The predicted octanol–water partition coefficient (Wildman–Crippen LogP) is 5.12. The molecule has 2 heterocycles. The number of likely N-dealkylation sites (tertiary alicyclic amines) is 1. The SMILES string of the molecule is Cc1cc(NC(=O)C(C)(C)NC(=O)c2ccc(Cl)s2)ccc1C(=O)N1CCCC(C)(C)C1. The zero-order valence-corrected chi connectivity index (χ0v) is 20.7. The molecule has 0 aliphatic carbocycles. The summed E-state index contributed by atoms with van der Waals surface area (Å²) in [5.74, 6) is -0.691. The second-order valence-corrected chi connectivity index (χ2v) is 11.4. The molecule has 0 spiro atoms. The van der Waals surface area contributed by atoms with Crippen LogP contribution in [0.2, 0.25) is 4.34 Å². The highest BCUT2D eigenvalue weighted by Gasteiger charge is 2.32. The zero-order valence-electron chi connectivity index (χ0n) is 19.2. The van der Waals surface area contributed by atoms with Crippen LogP contribution in [0.25, 0.3) is 0 Å². The molecule has 1 aliphatic rings. The van der Waals surface area contributed by atoms with Crippen molar-refractivity contribution in [3.05, 3.63) is 50.7 Å². The van der Waals surface area contributed by atoms with Crippen LogP contribution in [-0.4, -0.2) is 41.2 Å². The molecule has 0 bridgehead atoms. The first-order chi connectivity index (χ1) is 14.9. The molecule has 8 heteroatoms. The molecule has 1 fully saturated rings. The minimum atomic E-state index is -1.14. The number of anilines is 1. The smallest absolute Gasteiger partial charge is 0.262 e. The number of carbonyl (C=O) groups excluding carboxylic acids is 3. The minimum absolute atomic E-state index is 0.0235. The lowest BCUT2D eigenvalue weighted by Gasteiger charge is -2.38. The van der Waals surface area contributed by atoms with E-state index in [4.69, 9.17) is 11.6 Å². The quantitative estimate of drug-likeness (QED) is 0.630. The van der Waals surface area contributed by atoms with Crippen molar-refractivity contribution in [1.29, 1.82) is 0 Å². The van der Waals surface area contributed by atoms with E-state index in [1.54, 1.807) is 44.2 Å². The molecule has 0 radical (unpaired) electrons. The number of thiophene rings is 1. The van der Waals surface area contributed by atoms with Crippen LogP contribution in [0.3, 0.4) is 0 Å². The van der Waals surface area contributed by atoms with E-state index in [1.807, 2.05) is 11.8 Å². The first kappa shape index (κ1) is 24.3. The topological polar surface area (TPSA) is 78.5 Å². The van der Waals surface area contributed by atoms with E-state index in [9.17, 15) is 14.4 Å². The highest BCUT2D eigenvalue weighted by molar-refractivity contribution is 7.18. The fourth-order valence-corrected chi connectivity index (χ4v) is 4.81. The van der Waals surface area contributed by atoms with Crippen LogP contribution >= 0.6 is 22.9 Å². The third-order valence-corrected chi connectivity index (χ3v) is 6.92. The first-order valence-electron chi connectivity index (χ1n) is 10.7. The molecule has 3 amide bonds. The van der Waals surface area contributed by atoms with Gasteiger partial charge in [0.05, 0.1) is 9.21 Å². The summed E-state index contributed by atoms with van der Waals surface area (Å²) in [5, 5.41) is 5.58. The Labute approximate surface area is 198 Å². The zero-order chi connectivity index (χ0) is 23.7. The van der Waals surface area contributed by atoms with E-state index in [0.717, 1.165) is 42.8 Å². The lowest BCUT2D eigenvalue weighted by molar-refractivity contribution is -0.120. The molecule has 0 atom stereocenters. The van der Waals surface area contributed by atoms with Crippen molar-refractivity contribution in [2.45, 2.75) is 53.0 Å². The Kier molecular flexibility index (Phi) is 7.00. The Balaban J connectivity index is 1.67. The molecule has 32 heavy (non-hydrogen) atoms. The summed E-state index contributed by atoms with van der Waals surface area (Å²) >= 11 is 7.05. The fourth-order valence-electron chi connectivity index (χ4n) is 3.87. The van der Waals surface area contributed by atoms with Crippen molar-refractivity contribution in [3.63, 3.8) is 0 Å². The number of halogens is 1. The van der Waals surface area contributed by atoms with E-state index in [2.05, 4.69) is 24.5 Å². The molecule has 3 rings (SSSR count). The van der Waals surface area contributed by atoms with E-state index < -0.39 is 5.54 Å². The third-order valence-electron chi connectivity index (χ3n) is 5.69. The number of rotatable bonds is 5. The Morgan fingerprint density at radius 3 is 2.47 bits per heavy atom. The maximum Gasteiger partial charge on any atom is 0.262 e. The van der Waals surface area contributed by atoms with Crippen LogP contribution in [-0.2, 0) is 4.79 Å². The van der Waals surface area contributed by atoms with E-state index in [1.165, 1.54) is 0 Å². The van der Waals surface area contributed by atoms with Gasteiger partial charge in [-0.3, -0.25) is 14.4 Å². The van der Waals surface area contributed by atoms with Gasteiger partial charge in [-0.15, -0.1) is 11.3 Å². The van der Waals surface area contributed by atoms with Gasteiger partial charge >= 0.3 is 0 Å². The summed E-state index contributed by atoms with van der Waals surface area (Å²) in [6.45, 7) is 11.0. The molecule has 0 saturated carbocycles.